The summed E-state index contributed by atoms with van der Waals surface area (Å²) in [7, 11) is 1.71. The fraction of sp³-hybridized carbons (Fsp3) is 0.769. The number of aryl methyl sites for hydroxylation is 1. The second-order valence-corrected chi connectivity index (χ2v) is 4.24. The van der Waals surface area contributed by atoms with Crippen LogP contribution in [-0.4, -0.2) is 43.3 Å². The van der Waals surface area contributed by atoms with Crippen LogP contribution in [0.2, 0.25) is 0 Å². The largest absolute Gasteiger partial charge is 0.385 e. The molecule has 0 spiro atoms. The number of rotatable bonds is 10. The maximum atomic E-state index is 5.51. The van der Waals surface area contributed by atoms with Crippen molar-refractivity contribution < 1.29 is 9.47 Å². The predicted molar refractivity (Wildman–Crippen MR) is 71.7 cm³/mol. The van der Waals surface area contributed by atoms with E-state index in [9.17, 15) is 0 Å². The summed E-state index contributed by atoms with van der Waals surface area (Å²) in [6.45, 7) is 9.03. The number of aromatic nitrogens is 2. The van der Waals surface area contributed by atoms with E-state index >= 15 is 0 Å². The Morgan fingerprint density at radius 3 is 2.89 bits per heavy atom. The SMILES string of the molecule is CCNCc1cn(CCOCCCOC)nc1C. The molecule has 0 aliphatic rings. The van der Waals surface area contributed by atoms with Crippen molar-refractivity contribution in [2.24, 2.45) is 0 Å². The van der Waals surface area contributed by atoms with E-state index in [1.165, 1.54) is 5.56 Å². The number of methoxy groups -OCH3 is 1. The minimum Gasteiger partial charge on any atom is -0.385 e. The molecule has 0 radical (unpaired) electrons. The molecular formula is C13H25N3O2. The number of nitrogens with one attached hydrogen (secondary N) is 1. The summed E-state index contributed by atoms with van der Waals surface area (Å²) in [6, 6.07) is 0. The van der Waals surface area contributed by atoms with Crippen molar-refractivity contribution in [1.82, 2.24) is 15.1 Å². The van der Waals surface area contributed by atoms with Gasteiger partial charge in [-0.05, 0) is 19.9 Å². The molecule has 0 unspecified atom stereocenters. The maximum Gasteiger partial charge on any atom is 0.0662 e. The van der Waals surface area contributed by atoms with Crippen LogP contribution >= 0.6 is 0 Å². The normalized spacial score (nSPS) is 11.1. The molecule has 1 heterocycles. The predicted octanol–water partition coefficient (Wildman–Crippen LogP) is 1.35. The zero-order valence-electron chi connectivity index (χ0n) is 11.7. The fourth-order valence-electron chi connectivity index (χ4n) is 1.67. The Hall–Kier alpha value is -0.910. The smallest absolute Gasteiger partial charge is 0.0662 e. The van der Waals surface area contributed by atoms with Crippen molar-refractivity contribution in [2.45, 2.75) is 33.4 Å². The van der Waals surface area contributed by atoms with Gasteiger partial charge in [-0.15, -0.1) is 0 Å². The molecule has 0 bridgehead atoms. The number of nitrogens with zero attached hydrogens (tertiary/aromatic N) is 2. The molecular weight excluding hydrogens is 230 g/mol. The average molecular weight is 255 g/mol. The van der Waals surface area contributed by atoms with Crippen molar-refractivity contribution in [2.75, 3.05) is 33.5 Å². The van der Waals surface area contributed by atoms with E-state index in [4.69, 9.17) is 9.47 Å². The Kier molecular flexibility index (Phi) is 7.64. The van der Waals surface area contributed by atoms with E-state index < -0.39 is 0 Å². The topological polar surface area (TPSA) is 48.3 Å². The maximum absolute atomic E-state index is 5.51. The lowest BCUT2D eigenvalue weighted by molar-refractivity contribution is 0.0961. The quantitative estimate of drug-likeness (QED) is 0.641. The number of hydrogen-bond acceptors (Lipinski definition) is 4. The first-order chi connectivity index (χ1) is 8.77. The second kappa shape index (κ2) is 9.08. The average Bonchev–Trinajstić information content (AvgIpc) is 2.72. The van der Waals surface area contributed by atoms with Gasteiger partial charge in [0.25, 0.3) is 0 Å². The van der Waals surface area contributed by atoms with Crippen LogP contribution in [-0.2, 0) is 22.6 Å². The molecule has 18 heavy (non-hydrogen) atoms. The van der Waals surface area contributed by atoms with Gasteiger partial charge in [-0.2, -0.15) is 5.10 Å². The van der Waals surface area contributed by atoms with E-state index in [1.807, 2.05) is 11.6 Å². The van der Waals surface area contributed by atoms with Crippen LogP contribution in [0.25, 0.3) is 0 Å². The Balaban J connectivity index is 2.21. The van der Waals surface area contributed by atoms with Crippen molar-refractivity contribution in [3.8, 4) is 0 Å². The van der Waals surface area contributed by atoms with E-state index in [2.05, 4.69) is 23.5 Å². The summed E-state index contributed by atoms with van der Waals surface area (Å²) in [5.41, 5.74) is 2.35. The Morgan fingerprint density at radius 2 is 2.17 bits per heavy atom. The Labute approximate surface area is 109 Å². The second-order valence-electron chi connectivity index (χ2n) is 4.24. The van der Waals surface area contributed by atoms with Crippen molar-refractivity contribution in [1.29, 1.82) is 0 Å². The monoisotopic (exact) mass is 255 g/mol. The first-order valence-electron chi connectivity index (χ1n) is 6.58. The summed E-state index contributed by atoms with van der Waals surface area (Å²) in [5.74, 6) is 0. The lowest BCUT2D eigenvalue weighted by atomic mass is 10.2. The van der Waals surface area contributed by atoms with Crippen LogP contribution in [0.1, 0.15) is 24.6 Å². The summed E-state index contributed by atoms with van der Waals surface area (Å²) in [6.07, 6.45) is 3.04. The molecule has 0 saturated carbocycles. The highest BCUT2D eigenvalue weighted by Crippen LogP contribution is 2.05. The molecule has 0 aliphatic carbocycles. The molecule has 1 rings (SSSR count). The third-order valence-electron chi connectivity index (χ3n) is 2.72. The van der Waals surface area contributed by atoms with Crippen LogP contribution < -0.4 is 5.32 Å². The van der Waals surface area contributed by atoms with Gasteiger partial charge in [0.15, 0.2) is 0 Å². The van der Waals surface area contributed by atoms with Gasteiger partial charge in [-0.3, -0.25) is 4.68 Å². The first kappa shape index (κ1) is 15.1. The van der Waals surface area contributed by atoms with Crippen LogP contribution in [0.4, 0.5) is 0 Å². The van der Waals surface area contributed by atoms with Crippen LogP contribution in [0.15, 0.2) is 6.20 Å². The Bertz CT molecular complexity index is 326. The third kappa shape index (κ3) is 5.62. The zero-order valence-corrected chi connectivity index (χ0v) is 11.7. The molecule has 104 valence electrons. The van der Waals surface area contributed by atoms with Gasteiger partial charge in [0.1, 0.15) is 0 Å². The molecule has 0 aliphatic heterocycles. The van der Waals surface area contributed by atoms with Crippen molar-refractivity contribution in [3.63, 3.8) is 0 Å². The lowest BCUT2D eigenvalue weighted by Crippen LogP contribution is -2.12. The van der Waals surface area contributed by atoms with E-state index in [1.54, 1.807) is 7.11 Å². The molecule has 5 nitrogen and oxygen atoms in total. The molecule has 0 aromatic carbocycles. The number of ether oxygens (including phenoxy) is 2. The minimum absolute atomic E-state index is 0.700. The van der Waals surface area contributed by atoms with Gasteiger partial charge >= 0.3 is 0 Å². The first-order valence-corrected chi connectivity index (χ1v) is 6.58. The zero-order chi connectivity index (χ0) is 13.2. The van der Waals surface area contributed by atoms with E-state index in [-0.39, 0.29) is 0 Å². The molecule has 1 aromatic heterocycles. The van der Waals surface area contributed by atoms with Crippen molar-refractivity contribution >= 4 is 0 Å². The fourth-order valence-corrected chi connectivity index (χ4v) is 1.67. The van der Waals surface area contributed by atoms with Gasteiger partial charge in [-0.1, -0.05) is 6.92 Å². The van der Waals surface area contributed by atoms with E-state index in [0.717, 1.165) is 45.0 Å². The molecule has 1 aromatic rings. The van der Waals surface area contributed by atoms with Crippen LogP contribution in [0.5, 0.6) is 0 Å². The standard InChI is InChI=1S/C13H25N3O2/c1-4-14-10-13-11-16(15-12(13)2)6-9-18-8-5-7-17-3/h11,14H,4-10H2,1-3H3. The van der Waals surface area contributed by atoms with Gasteiger partial charge in [0.05, 0.1) is 18.8 Å². The molecule has 5 heteroatoms. The molecule has 0 atom stereocenters. The van der Waals surface area contributed by atoms with Crippen LogP contribution in [0, 0.1) is 6.92 Å². The van der Waals surface area contributed by atoms with Gasteiger partial charge in [0, 0.05) is 38.6 Å². The molecule has 1 N–H and O–H groups in total. The molecule has 0 saturated heterocycles. The summed E-state index contributed by atoms with van der Waals surface area (Å²) >= 11 is 0. The molecule has 0 amide bonds. The summed E-state index contributed by atoms with van der Waals surface area (Å²) < 4.78 is 12.4. The lowest BCUT2D eigenvalue weighted by Gasteiger charge is -2.04. The highest BCUT2D eigenvalue weighted by atomic mass is 16.5. The highest BCUT2D eigenvalue weighted by molar-refractivity contribution is 5.14. The van der Waals surface area contributed by atoms with E-state index in [0.29, 0.717) is 6.61 Å². The minimum atomic E-state index is 0.700. The van der Waals surface area contributed by atoms with Gasteiger partial charge in [-0.25, -0.2) is 0 Å². The third-order valence-corrected chi connectivity index (χ3v) is 2.72. The van der Waals surface area contributed by atoms with Gasteiger partial charge in [0.2, 0.25) is 0 Å². The Morgan fingerprint density at radius 1 is 1.33 bits per heavy atom. The molecule has 0 fully saturated rings. The summed E-state index contributed by atoms with van der Waals surface area (Å²) in [5, 5.41) is 7.78. The highest BCUT2D eigenvalue weighted by Gasteiger charge is 2.03. The summed E-state index contributed by atoms with van der Waals surface area (Å²) in [4.78, 5) is 0. The van der Waals surface area contributed by atoms with Gasteiger partial charge < -0.3 is 14.8 Å². The van der Waals surface area contributed by atoms with Crippen molar-refractivity contribution in [3.05, 3.63) is 17.5 Å². The number of hydrogen-bond donors (Lipinski definition) is 1. The van der Waals surface area contributed by atoms with Crippen LogP contribution in [0.3, 0.4) is 0 Å².